The minimum atomic E-state index is -0.259. The molecular weight excluding hydrogens is 334 g/mol. The van der Waals surface area contributed by atoms with Gasteiger partial charge in [-0.2, -0.15) is 10.2 Å². The van der Waals surface area contributed by atoms with Crippen molar-refractivity contribution in [2.24, 2.45) is 7.05 Å². The molecule has 3 aromatic rings. The van der Waals surface area contributed by atoms with E-state index in [1.54, 1.807) is 17.8 Å². The van der Waals surface area contributed by atoms with Crippen LogP contribution in [-0.4, -0.2) is 20.0 Å². The highest BCUT2D eigenvalue weighted by Gasteiger charge is 2.20. The standard InChI is InChI=1S/C14H12BrN5O/c1-20-14(16)12(8-4-2-3-5-9(8)15)13(19-20)10-6-7-11(21)18-17-10/h2-7H,16H2,1H3,(H,18,21). The monoisotopic (exact) mass is 345 g/mol. The molecule has 0 unspecified atom stereocenters. The second-order valence-corrected chi connectivity index (χ2v) is 5.37. The number of rotatable bonds is 2. The molecule has 6 nitrogen and oxygen atoms in total. The Kier molecular flexibility index (Phi) is 3.34. The quantitative estimate of drug-likeness (QED) is 0.744. The molecule has 0 spiro atoms. The number of aryl methyl sites for hydroxylation is 1. The van der Waals surface area contributed by atoms with E-state index in [1.165, 1.54) is 6.07 Å². The predicted octanol–water partition coefficient (Wildman–Crippen LogP) is 2.18. The van der Waals surface area contributed by atoms with Gasteiger partial charge in [-0.05, 0) is 12.1 Å². The Bertz CT molecular complexity index is 848. The van der Waals surface area contributed by atoms with E-state index < -0.39 is 0 Å². The number of aromatic nitrogens is 4. The molecule has 0 saturated heterocycles. The van der Waals surface area contributed by atoms with Crippen LogP contribution in [0.4, 0.5) is 5.82 Å². The normalized spacial score (nSPS) is 10.8. The Hall–Kier alpha value is -2.41. The number of nitrogens with zero attached hydrogens (tertiary/aromatic N) is 3. The maximum atomic E-state index is 11.2. The predicted molar refractivity (Wildman–Crippen MR) is 84.6 cm³/mol. The third kappa shape index (κ3) is 2.36. The Morgan fingerprint density at radius 2 is 2.00 bits per heavy atom. The maximum Gasteiger partial charge on any atom is 0.264 e. The summed E-state index contributed by atoms with van der Waals surface area (Å²) in [4.78, 5) is 11.2. The summed E-state index contributed by atoms with van der Waals surface area (Å²) in [5.74, 6) is 0.532. The van der Waals surface area contributed by atoms with Crippen molar-refractivity contribution in [3.8, 4) is 22.5 Å². The van der Waals surface area contributed by atoms with Crippen LogP contribution >= 0.6 is 15.9 Å². The molecule has 0 bridgehead atoms. The van der Waals surface area contributed by atoms with Gasteiger partial charge in [0.1, 0.15) is 17.2 Å². The van der Waals surface area contributed by atoms with E-state index in [0.717, 1.165) is 15.6 Å². The summed E-state index contributed by atoms with van der Waals surface area (Å²) >= 11 is 3.52. The number of nitrogen functional groups attached to an aromatic ring is 1. The first-order valence-electron chi connectivity index (χ1n) is 6.21. The first-order valence-corrected chi connectivity index (χ1v) is 7.00. The van der Waals surface area contributed by atoms with Crippen molar-refractivity contribution in [3.05, 3.63) is 51.2 Å². The van der Waals surface area contributed by atoms with Gasteiger partial charge in [-0.3, -0.25) is 9.48 Å². The molecule has 2 heterocycles. The number of H-pyrrole nitrogens is 1. The van der Waals surface area contributed by atoms with Crippen molar-refractivity contribution < 1.29 is 0 Å². The fourth-order valence-electron chi connectivity index (χ4n) is 2.12. The lowest BCUT2D eigenvalue weighted by Crippen LogP contribution is -2.06. The summed E-state index contributed by atoms with van der Waals surface area (Å²) in [6.07, 6.45) is 0. The summed E-state index contributed by atoms with van der Waals surface area (Å²) in [5, 5.41) is 10.9. The van der Waals surface area contributed by atoms with Crippen LogP contribution in [0.1, 0.15) is 0 Å². The van der Waals surface area contributed by atoms with E-state index in [4.69, 9.17) is 5.73 Å². The highest BCUT2D eigenvalue weighted by Crippen LogP contribution is 2.38. The first-order chi connectivity index (χ1) is 10.1. The highest BCUT2D eigenvalue weighted by atomic mass is 79.9. The zero-order valence-electron chi connectivity index (χ0n) is 11.2. The van der Waals surface area contributed by atoms with Gasteiger partial charge in [-0.25, -0.2) is 5.10 Å². The van der Waals surface area contributed by atoms with E-state index in [-0.39, 0.29) is 5.56 Å². The number of nitrogens with one attached hydrogen (secondary N) is 1. The molecule has 106 valence electrons. The molecule has 0 aliphatic heterocycles. The molecule has 2 aromatic heterocycles. The number of aromatic amines is 1. The molecule has 21 heavy (non-hydrogen) atoms. The number of halogens is 1. The zero-order valence-corrected chi connectivity index (χ0v) is 12.8. The van der Waals surface area contributed by atoms with Crippen molar-refractivity contribution in [2.45, 2.75) is 0 Å². The van der Waals surface area contributed by atoms with Gasteiger partial charge in [0.2, 0.25) is 0 Å². The van der Waals surface area contributed by atoms with Crippen LogP contribution in [0, 0.1) is 0 Å². The molecule has 3 N–H and O–H groups in total. The molecule has 0 aliphatic rings. The van der Waals surface area contributed by atoms with Gasteiger partial charge in [-0.1, -0.05) is 34.1 Å². The van der Waals surface area contributed by atoms with E-state index >= 15 is 0 Å². The topological polar surface area (TPSA) is 89.6 Å². The fraction of sp³-hybridized carbons (Fsp3) is 0.0714. The molecule has 0 atom stereocenters. The average molecular weight is 346 g/mol. The van der Waals surface area contributed by atoms with Gasteiger partial charge >= 0.3 is 0 Å². The van der Waals surface area contributed by atoms with Crippen LogP contribution in [0.3, 0.4) is 0 Å². The van der Waals surface area contributed by atoms with Crippen molar-refractivity contribution in [1.82, 2.24) is 20.0 Å². The fourth-order valence-corrected chi connectivity index (χ4v) is 2.61. The smallest absolute Gasteiger partial charge is 0.264 e. The van der Waals surface area contributed by atoms with E-state index in [2.05, 4.69) is 31.2 Å². The van der Waals surface area contributed by atoms with Crippen molar-refractivity contribution in [2.75, 3.05) is 5.73 Å². The maximum absolute atomic E-state index is 11.2. The number of benzene rings is 1. The Labute approximate surface area is 128 Å². The lowest BCUT2D eigenvalue weighted by Gasteiger charge is -2.06. The van der Waals surface area contributed by atoms with Gasteiger partial charge in [-0.15, -0.1) is 0 Å². The molecule has 1 aromatic carbocycles. The van der Waals surface area contributed by atoms with Crippen LogP contribution in [0.2, 0.25) is 0 Å². The molecule has 7 heteroatoms. The first kappa shape index (κ1) is 13.6. The molecule has 3 rings (SSSR count). The second-order valence-electron chi connectivity index (χ2n) is 4.52. The van der Waals surface area contributed by atoms with E-state index in [0.29, 0.717) is 17.2 Å². The van der Waals surface area contributed by atoms with Gasteiger partial charge in [0.25, 0.3) is 5.56 Å². The Balaban J connectivity index is 2.28. The van der Waals surface area contributed by atoms with Gasteiger partial charge in [0.15, 0.2) is 0 Å². The number of hydrogen-bond acceptors (Lipinski definition) is 4. The van der Waals surface area contributed by atoms with Crippen LogP contribution in [0.5, 0.6) is 0 Å². The highest BCUT2D eigenvalue weighted by molar-refractivity contribution is 9.10. The molecule has 0 aliphatic carbocycles. The van der Waals surface area contributed by atoms with Crippen molar-refractivity contribution in [1.29, 1.82) is 0 Å². The third-order valence-corrected chi connectivity index (χ3v) is 3.85. The molecular formula is C14H12BrN5O. The van der Waals surface area contributed by atoms with E-state index in [1.807, 2.05) is 24.3 Å². The molecule has 0 amide bonds. The zero-order chi connectivity index (χ0) is 15.0. The number of anilines is 1. The third-order valence-electron chi connectivity index (χ3n) is 3.16. The summed E-state index contributed by atoms with van der Waals surface area (Å²) < 4.78 is 2.51. The van der Waals surface area contributed by atoms with Crippen LogP contribution in [0.25, 0.3) is 22.5 Å². The van der Waals surface area contributed by atoms with Crippen LogP contribution in [0.15, 0.2) is 45.7 Å². The average Bonchev–Trinajstić information content (AvgIpc) is 2.77. The van der Waals surface area contributed by atoms with Crippen LogP contribution < -0.4 is 11.3 Å². The molecule has 0 saturated carbocycles. The van der Waals surface area contributed by atoms with Crippen molar-refractivity contribution >= 4 is 21.7 Å². The van der Waals surface area contributed by atoms with Crippen molar-refractivity contribution in [3.63, 3.8) is 0 Å². The lowest BCUT2D eigenvalue weighted by atomic mass is 10.0. The number of hydrogen-bond donors (Lipinski definition) is 2. The molecule has 0 fully saturated rings. The van der Waals surface area contributed by atoms with Crippen LogP contribution in [-0.2, 0) is 7.05 Å². The SMILES string of the molecule is Cn1nc(-c2ccc(=O)[nH]n2)c(-c2ccccc2Br)c1N. The molecule has 0 radical (unpaired) electrons. The number of nitrogens with two attached hydrogens (primary N) is 1. The lowest BCUT2D eigenvalue weighted by molar-refractivity contribution is 0.780. The largest absolute Gasteiger partial charge is 0.383 e. The summed E-state index contributed by atoms with van der Waals surface area (Å²) in [6.45, 7) is 0. The minimum Gasteiger partial charge on any atom is -0.383 e. The summed E-state index contributed by atoms with van der Waals surface area (Å²) in [6, 6.07) is 10.8. The van der Waals surface area contributed by atoms with E-state index in [9.17, 15) is 4.79 Å². The minimum absolute atomic E-state index is 0.259. The van der Waals surface area contributed by atoms with Gasteiger partial charge in [0, 0.05) is 23.2 Å². The second kappa shape index (κ2) is 5.17. The Morgan fingerprint density at radius 3 is 2.67 bits per heavy atom. The van der Waals surface area contributed by atoms with Gasteiger partial charge in [0.05, 0.1) is 5.56 Å². The summed E-state index contributed by atoms with van der Waals surface area (Å²) in [5.41, 5.74) is 8.78. The Morgan fingerprint density at radius 1 is 1.24 bits per heavy atom. The summed E-state index contributed by atoms with van der Waals surface area (Å²) in [7, 11) is 1.77. The van der Waals surface area contributed by atoms with Gasteiger partial charge < -0.3 is 5.73 Å².